The molecule has 2 aromatic rings. The summed E-state index contributed by atoms with van der Waals surface area (Å²) < 4.78 is 35.1. The van der Waals surface area contributed by atoms with Crippen LogP contribution in [0, 0.1) is 0 Å². The lowest BCUT2D eigenvalue weighted by Gasteiger charge is -2.12. The van der Waals surface area contributed by atoms with E-state index in [-0.39, 0.29) is 22.9 Å². The molecule has 2 aromatic carbocycles. The fraction of sp³-hybridized carbons (Fsp3) is 0.316. The molecule has 140 valence electrons. The van der Waals surface area contributed by atoms with Gasteiger partial charge in [0.15, 0.2) is 16.4 Å². The Bertz CT molecular complexity index is 831. The van der Waals surface area contributed by atoms with Gasteiger partial charge in [0.25, 0.3) is 5.91 Å². The molecule has 26 heavy (non-hydrogen) atoms. The van der Waals surface area contributed by atoms with E-state index in [9.17, 15) is 13.2 Å². The van der Waals surface area contributed by atoms with E-state index in [2.05, 4.69) is 5.32 Å². The number of carbonyl (C=O) groups is 1. The van der Waals surface area contributed by atoms with Gasteiger partial charge in [-0.25, -0.2) is 8.42 Å². The van der Waals surface area contributed by atoms with Gasteiger partial charge in [-0.1, -0.05) is 26.0 Å². The van der Waals surface area contributed by atoms with Crippen molar-refractivity contribution in [1.82, 2.24) is 0 Å². The first-order chi connectivity index (χ1) is 12.5. The van der Waals surface area contributed by atoms with Gasteiger partial charge in [-0.15, -0.1) is 0 Å². The second kappa shape index (κ2) is 9.24. The van der Waals surface area contributed by atoms with Gasteiger partial charge in [-0.2, -0.15) is 0 Å². The van der Waals surface area contributed by atoms with E-state index in [4.69, 9.17) is 9.47 Å². The van der Waals surface area contributed by atoms with Crippen LogP contribution in [0.2, 0.25) is 0 Å². The molecule has 0 unspecified atom stereocenters. The zero-order chi connectivity index (χ0) is 19.0. The van der Waals surface area contributed by atoms with Crippen LogP contribution in [0.25, 0.3) is 0 Å². The Hall–Kier alpha value is -2.54. The molecule has 7 heteroatoms. The average molecular weight is 377 g/mol. The molecule has 2 rings (SSSR count). The molecule has 0 heterocycles. The number of hydrogen-bond donors (Lipinski definition) is 1. The van der Waals surface area contributed by atoms with Gasteiger partial charge in [0.1, 0.15) is 11.5 Å². The highest BCUT2D eigenvalue weighted by Crippen LogP contribution is 2.22. The third kappa shape index (κ3) is 5.49. The number of sulfone groups is 1. The van der Waals surface area contributed by atoms with Crippen LogP contribution >= 0.6 is 0 Å². The van der Waals surface area contributed by atoms with Crippen molar-refractivity contribution in [1.29, 1.82) is 0 Å². The Morgan fingerprint density at radius 1 is 0.962 bits per heavy atom. The molecule has 6 nitrogen and oxygen atoms in total. The first-order valence-electron chi connectivity index (χ1n) is 8.43. The summed E-state index contributed by atoms with van der Waals surface area (Å²) >= 11 is 0. The predicted octanol–water partition coefficient (Wildman–Crippen LogP) is 3.29. The van der Waals surface area contributed by atoms with Gasteiger partial charge in [-0.3, -0.25) is 4.79 Å². The van der Waals surface area contributed by atoms with Crippen molar-refractivity contribution in [2.75, 3.05) is 24.3 Å². The van der Waals surface area contributed by atoms with Crippen molar-refractivity contribution in [2.45, 2.75) is 25.2 Å². The monoisotopic (exact) mass is 377 g/mol. The maximum absolute atomic E-state index is 12.1. The number of amides is 1. The molecule has 0 spiro atoms. The number of anilines is 1. The molecule has 0 saturated carbocycles. The Morgan fingerprint density at radius 3 is 2.19 bits per heavy atom. The van der Waals surface area contributed by atoms with E-state index in [1.165, 1.54) is 6.07 Å². The number of carbonyl (C=O) groups excluding carboxylic acids is 1. The molecule has 0 saturated heterocycles. The summed E-state index contributed by atoms with van der Waals surface area (Å²) in [5.74, 6) is 0.791. The third-order valence-electron chi connectivity index (χ3n) is 3.54. The van der Waals surface area contributed by atoms with Crippen molar-refractivity contribution >= 4 is 21.4 Å². The second-order valence-electron chi connectivity index (χ2n) is 5.56. The van der Waals surface area contributed by atoms with Crippen LogP contribution in [0.3, 0.4) is 0 Å². The smallest absolute Gasteiger partial charge is 0.262 e. The van der Waals surface area contributed by atoms with Crippen LogP contribution in [-0.4, -0.2) is 33.3 Å². The molecule has 1 amide bonds. The summed E-state index contributed by atoms with van der Waals surface area (Å²) in [5.41, 5.74) is 0.256. The zero-order valence-electron chi connectivity index (χ0n) is 14.9. The van der Waals surface area contributed by atoms with Crippen molar-refractivity contribution in [2.24, 2.45) is 0 Å². The summed E-state index contributed by atoms with van der Waals surface area (Å²) in [5, 5.41) is 2.59. The molecular weight excluding hydrogens is 354 g/mol. The lowest BCUT2D eigenvalue weighted by molar-refractivity contribution is -0.118. The fourth-order valence-electron chi connectivity index (χ4n) is 2.18. The Labute approximate surface area is 154 Å². The van der Waals surface area contributed by atoms with E-state index in [1.807, 2.05) is 6.92 Å². The number of benzene rings is 2. The SMILES string of the molecule is CCCOc1ccc(OCC(=O)Nc2ccccc2S(=O)(=O)CC)cc1. The number of rotatable bonds is 9. The lowest BCUT2D eigenvalue weighted by Crippen LogP contribution is -2.21. The van der Waals surface area contributed by atoms with Crippen LogP contribution < -0.4 is 14.8 Å². The minimum Gasteiger partial charge on any atom is -0.494 e. The van der Waals surface area contributed by atoms with E-state index in [0.717, 1.165) is 12.2 Å². The van der Waals surface area contributed by atoms with Gasteiger partial charge in [-0.05, 0) is 42.8 Å². The molecule has 0 aromatic heterocycles. The normalized spacial score (nSPS) is 11.0. The van der Waals surface area contributed by atoms with Crippen molar-refractivity contribution in [3.05, 3.63) is 48.5 Å². The minimum atomic E-state index is -3.42. The maximum atomic E-state index is 12.1. The van der Waals surface area contributed by atoms with Gasteiger partial charge in [0, 0.05) is 0 Å². The molecule has 1 N–H and O–H groups in total. The van der Waals surface area contributed by atoms with Crippen LogP contribution in [0.1, 0.15) is 20.3 Å². The van der Waals surface area contributed by atoms with Crippen molar-refractivity contribution < 1.29 is 22.7 Å². The molecule has 0 radical (unpaired) electrons. The van der Waals surface area contributed by atoms with E-state index in [0.29, 0.717) is 12.4 Å². The molecule has 0 aliphatic rings. The molecule has 0 atom stereocenters. The zero-order valence-corrected chi connectivity index (χ0v) is 15.7. The largest absolute Gasteiger partial charge is 0.494 e. The van der Waals surface area contributed by atoms with E-state index in [1.54, 1.807) is 49.4 Å². The number of para-hydroxylation sites is 1. The Morgan fingerprint density at radius 2 is 1.58 bits per heavy atom. The van der Waals surface area contributed by atoms with Gasteiger partial charge >= 0.3 is 0 Å². The first kappa shape index (κ1) is 19.8. The molecular formula is C19H23NO5S. The second-order valence-corrected chi connectivity index (χ2v) is 7.80. The standard InChI is InChI=1S/C19H23NO5S/c1-3-13-24-15-9-11-16(12-10-15)25-14-19(21)20-17-7-5-6-8-18(17)26(22,23)4-2/h5-12H,3-4,13-14H2,1-2H3,(H,20,21). The van der Waals surface area contributed by atoms with Gasteiger partial charge in [0.2, 0.25) is 0 Å². The first-order valence-corrected chi connectivity index (χ1v) is 10.1. The third-order valence-corrected chi connectivity index (χ3v) is 5.33. The number of nitrogens with one attached hydrogen (secondary N) is 1. The fourth-order valence-corrected chi connectivity index (χ4v) is 3.23. The van der Waals surface area contributed by atoms with E-state index < -0.39 is 15.7 Å². The highest BCUT2D eigenvalue weighted by atomic mass is 32.2. The van der Waals surface area contributed by atoms with Crippen LogP contribution in [0.4, 0.5) is 5.69 Å². The summed E-state index contributed by atoms with van der Waals surface area (Å²) in [6.45, 7) is 4.00. The predicted molar refractivity (Wildman–Crippen MR) is 101 cm³/mol. The minimum absolute atomic E-state index is 0.0389. The van der Waals surface area contributed by atoms with Gasteiger partial charge in [0.05, 0.1) is 22.9 Å². The van der Waals surface area contributed by atoms with Crippen molar-refractivity contribution in [3.8, 4) is 11.5 Å². The summed E-state index contributed by atoms with van der Waals surface area (Å²) in [6, 6.07) is 13.3. The highest BCUT2D eigenvalue weighted by Gasteiger charge is 2.17. The summed E-state index contributed by atoms with van der Waals surface area (Å²) in [7, 11) is -3.42. The number of hydrogen-bond acceptors (Lipinski definition) is 5. The number of ether oxygens (including phenoxy) is 2. The summed E-state index contributed by atoms with van der Waals surface area (Å²) in [6.07, 6.45) is 0.924. The lowest BCUT2D eigenvalue weighted by atomic mass is 10.3. The highest BCUT2D eigenvalue weighted by molar-refractivity contribution is 7.91. The van der Waals surface area contributed by atoms with E-state index >= 15 is 0 Å². The van der Waals surface area contributed by atoms with Crippen LogP contribution in [0.5, 0.6) is 11.5 Å². The quantitative estimate of drug-likeness (QED) is 0.725. The Kier molecular flexibility index (Phi) is 7.03. The molecule has 0 aliphatic carbocycles. The van der Waals surface area contributed by atoms with Crippen LogP contribution in [0.15, 0.2) is 53.4 Å². The molecule has 0 fully saturated rings. The summed E-state index contributed by atoms with van der Waals surface area (Å²) in [4.78, 5) is 12.2. The van der Waals surface area contributed by atoms with Crippen LogP contribution in [-0.2, 0) is 14.6 Å². The van der Waals surface area contributed by atoms with Crippen molar-refractivity contribution in [3.63, 3.8) is 0 Å². The average Bonchev–Trinajstić information content (AvgIpc) is 2.66. The van der Waals surface area contributed by atoms with Gasteiger partial charge < -0.3 is 14.8 Å². The topological polar surface area (TPSA) is 81.7 Å². The molecule has 0 aliphatic heterocycles. The molecule has 0 bridgehead atoms. The maximum Gasteiger partial charge on any atom is 0.262 e. The Balaban J connectivity index is 1.96.